The third-order valence-corrected chi connectivity index (χ3v) is 4.85. The molecule has 2 rings (SSSR count). The fourth-order valence-corrected chi connectivity index (χ4v) is 3.12. The molecule has 142 valence electrons. The lowest BCUT2D eigenvalue weighted by Gasteiger charge is -2.15. The minimum absolute atomic E-state index is 0.353. The molecule has 0 saturated carbocycles. The summed E-state index contributed by atoms with van der Waals surface area (Å²) in [7, 11) is 0. The SMILES string of the molecule is CCCCCCCCOc1ccc(C(C)NCCc2ccccc2)cc1. The number of hydrogen-bond donors (Lipinski definition) is 1. The molecule has 0 radical (unpaired) electrons. The van der Waals surface area contributed by atoms with Gasteiger partial charge in [-0.3, -0.25) is 0 Å². The molecular formula is C24H35NO. The van der Waals surface area contributed by atoms with E-state index >= 15 is 0 Å². The number of unbranched alkanes of at least 4 members (excludes halogenated alkanes) is 5. The lowest BCUT2D eigenvalue weighted by molar-refractivity contribution is 0.304. The van der Waals surface area contributed by atoms with Crippen molar-refractivity contribution in [3.8, 4) is 5.75 Å². The van der Waals surface area contributed by atoms with Crippen molar-refractivity contribution < 1.29 is 4.74 Å². The number of ether oxygens (including phenoxy) is 1. The van der Waals surface area contributed by atoms with Crippen molar-refractivity contribution in [3.63, 3.8) is 0 Å². The van der Waals surface area contributed by atoms with Crippen LogP contribution in [0.15, 0.2) is 54.6 Å². The van der Waals surface area contributed by atoms with Gasteiger partial charge in [0.15, 0.2) is 0 Å². The van der Waals surface area contributed by atoms with Gasteiger partial charge in [-0.1, -0.05) is 81.5 Å². The van der Waals surface area contributed by atoms with E-state index in [1.54, 1.807) is 0 Å². The predicted molar refractivity (Wildman–Crippen MR) is 112 cm³/mol. The quantitative estimate of drug-likeness (QED) is 0.425. The molecular weight excluding hydrogens is 318 g/mol. The Morgan fingerprint density at radius 2 is 1.54 bits per heavy atom. The summed E-state index contributed by atoms with van der Waals surface area (Å²) in [6.45, 7) is 6.29. The summed E-state index contributed by atoms with van der Waals surface area (Å²) in [5, 5.41) is 3.60. The molecule has 1 atom stereocenters. The van der Waals surface area contributed by atoms with Gasteiger partial charge in [0.2, 0.25) is 0 Å². The molecule has 0 saturated heterocycles. The van der Waals surface area contributed by atoms with Crippen molar-refractivity contribution in [1.29, 1.82) is 0 Å². The summed E-state index contributed by atoms with van der Waals surface area (Å²) in [5.41, 5.74) is 2.69. The Kier molecular flexibility index (Phi) is 9.89. The minimum atomic E-state index is 0.353. The molecule has 1 unspecified atom stereocenters. The Bertz CT molecular complexity index is 579. The predicted octanol–water partition coefficient (Wildman–Crippen LogP) is 6.32. The molecule has 0 fully saturated rings. The number of benzene rings is 2. The van der Waals surface area contributed by atoms with Crippen LogP contribution in [0.3, 0.4) is 0 Å². The summed E-state index contributed by atoms with van der Waals surface area (Å²) in [6, 6.07) is 19.5. The van der Waals surface area contributed by atoms with Crippen molar-refractivity contribution >= 4 is 0 Å². The number of rotatable bonds is 13. The highest BCUT2D eigenvalue weighted by atomic mass is 16.5. The average molecular weight is 354 g/mol. The van der Waals surface area contributed by atoms with Gasteiger partial charge in [0.1, 0.15) is 5.75 Å². The Balaban J connectivity index is 1.62. The third-order valence-electron chi connectivity index (χ3n) is 4.85. The van der Waals surface area contributed by atoms with Crippen molar-refractivity contribution in [2.24, 2.45) is 0 Å². The van der Waals surface area contributed by atoms with E-state index in [4.69, 9.17) is 4.74 Å². The Labute approximate surface area is 160 Å². The van der Waals surface area contributed by atoms with Crippen LogP contribution in [0.1, 0.15) is 69.5 Å². The van der Waals surface area contributed by atoms with Gasteiger partial charge in [-0.2, -0.15) is 0 Å². The van der Waals surface area contributed by atoms with Crippen LogP contribution in [-0.4, -0.2) is 13.2 Å². The average Bonchev–Trinajstić information content (AvgIpc) is 2.68. The van der Waals surface area contributed by atoms with E-state index in [0.717, 1.165) is 31.7 Å². The molecule has 2 heteroatoms. The van der Waals surface area contributed by atoms with Crippen LogP contribution in [0, 0.1) is 0 Å². The Morgan fingerprint density at radius 3 is 2.27 bits per heavy atom. The molecule has 0 amide bonds. The smallest absolute Gasteiger partial charge is 0.119 e. The summed E-state index contributed by atoms with van der Waals surface area (Å²) >= 11 is 0. The van der Waals surface area contributed by atoms with Crippen LogP contribution in [0.25, 0.3) is 0 Å². The van der Waals surface area contributed by atoms with E-state index < -0.39 is 0 Å². The first-order chi connectivity index (χ1) is 12.8. The van der Waals surface area contributed by atoms with Gasteiger partial charge in [0.25, 0.3) is 0 Å². The molecule has 26 heavy (non-hydrogen) atoms. The monoisotopic (exact) mass is 353 g/mol. The highest BCUT2D eigenvalue weighted by molar-refractivity contribution is 5.29. The van der Waals surface area contributed by atoms with Crippen LogP contribution in [0.4, 0.5) is 0 Å². The lowest BCUT2D eigenvalue weighted by atomic mass is 10.1. The first-order valence-electron chi connectivity index (χ1n) is 10.3. The first-order valence-corrected chi connectivity index (χ1v) is 10.3. The molecule has 0 heterocycles. The van der Waals surface area contributed by atoms with Crippen LogP contribution >= 0.6 is 0 Å². The second kappa shape index (κ2) is 12.5. The number of hydrogen-bond acceptors (Lipinski definition) is 2. The van der Waals surface area contributed by atoms with E-state index in [0.29, 0.717) is 6.04 Å². The van der Waals surface area contributed by atoms with Crippen molar-refractivity contribution in [1.82, 2.24) is 5.32 Å². The maximum Gasteiger partial charge on any atom is 0.119 e. The zero-order valence-corrected chi connectivity index (χ0v) is 16.5. The van der Waals surface area contributed by atoms with Crippen LogP contribution in [0.2, 0.25) is 0 Å². The maximum absolute atomic E-state index is 5.87. The summed E-state index contributed by atoms with van der Waals surface area (Å²) in [6.07, 6.45) is 8.86. The van der Waals surface area contributed by atoms with E-state index in [2.05, 4.69) is 73.8 Å². The molecule has 2 aromatic rings. The lowest BCUT2D eigenvalue weighted by Crippen LogP contribution is -2.21. The van der Waals surface area contributed by atoms with Crippen LogP contribution in [0.5, 0.6) is 5.75 Å². The zero-order valence-electron chi connectivity index (χ0n) is 16.5. The number of nitrogens with one attached hydrogen (secondary N) is 1. The van der Waals surface area contributed by atoms with Gasteiger partial charge >= 0.3 is 0 Å². The van der Waals surface area contributed by atoms with E-state index in [1.165, 1.54) is 43.2 Å². The maximum atomic E-state index is 5.87. The van der Waals surface area contributed by atoms with Gasteiger partial charge in [0, 0.05) is 6.04 Å². The van der Waals surface area contributed by atoms with Gasteiger partial charge < -0.3 is 10.1 Å². The topological polar surface area (TPSA) is 21.3 Å². The third kappa shape index (κ3) is 8.05. The summed E-state index contributed by atoms with van der Waals surface area (Å²) in [4.78, 5) is 0. The second-order valence-electron chi connectivity index (χ2n) is 7.10. The molecule has 2 nitrogen and oxygen atoms in total. The summed E-state index contributed by atoms with van der Waals surface area (Å²) < 4.78 is 5.87. The normalized spacial score (nSPS) is 12.1. The minimum Gasteiger partial charge on any atom is -0.494 e. The molecule has 0 aliphatic heterocycles. The highest BCUT2D eigenvalue weighted by Gasteiger charge is 2.05. The van der Waals surface area contributed by atoms with Gasteiger partial charge in [-0.15, -0.1) is 0 Å². The fraction of sp³-hybridized carbons (Fsp3) is 0.500. The van der Waals surface area contributed by atoms with E-state index in [9.17, 15) is 0 Å². The van der Waals surface area contributed by atoms with Crippen molar-refractivity contribution in [2.75, 3.05) is 13.2 Å². The Morgan fingerprint density at radius 1 is 0.846 bits per heavy atom. The molecule has 2 aromatic carbocycles. The van der Waals surface area contributed by atoms with E-state index in [-0.39, 0.29) is 0 Å². The first kappa shape index (κ1) is 20.5. The van der Waals surface area contributed by atoms with Crippen molar-refractivity contribution in [2.45, 2.75) is 64.8 Å². The molecule has 0 aliphatic rings. The van der Waals surface area contributed by atoms with Crippen LogP contribution < -0.4 is 10.1 Å². The zero-order chi connectivity index (χ0) is 18.5. The largest absolute Gasteiger partial charge is 0.494 e. The van der Waals surface area contributed by atoms with Gasteiger partial charge in [0.05, 0.1) is 6.61 Å². The highest BCUT2D eigenvalue weighted by Crippen LogP contribution is 2.18. The second-order valence-corrected chi connectivity index (χ2v) is 7.10. The Hall–Kier alpha value is -1.80. The molecule has 0 spiro atoms. The standard InChI is InChI=1S/C24H35NO/c1-3-4-5-6-7-11-20-26-24-16-14-23(15-17-24)21(2)25-19-18-22-12-9-8-10-13-22/h8-10,12-17,21,25H,3-7,11,18-20H2,1-2H3. The molecule has 0 aromatic heterocycles. The fourth-order valence-electron chi connectivity index (χ4n) is 3.12. The van der Waals surface area contributed by atoms with E-state index in [1.807, 2.05) is 0 Å². The van der Waals surface area contributed by atoms with Gasteiger partial charge in [-0.05, 0) is 49.6 Å². The van der Waals surface area contributed by atoms with Crippen LogP contribution in [-0.2, 0) is 6.42 Å². The molecule has 1 N–H and O–H groups in total. The summed E-state index contributed by atoms with van der Waals surface area (Å²) in [5.74, 6) is 0.985. The van der Waals surface area contributed by atoms with Gasteiger partial charge in [-0.25, -0.2) is 0 Å². The molecule has 0 aliphatic carbocycles. The molecule has 0 bridgehead atoms. The van der Waals surface area contributed by atoms with Crippen molar-refractivity contribution in [3.05, 3.63) is 65.7 Å².